The molecule has 1 aromatic rings. The molecular formula is C12H16F3NO. The van der Waals surface area contributed by atoms with Crippen molar-refractivity contribution in [3.63, 3.8) is 0 Å². The Balaban J connectivity index is 0.00000121. The van der Waals surface area contributed by atoms with E-state index in [1.807, 2.05) is 13.8 Å². The molecule has 0 aliphatic heterocycles. The summed E-state index contributed by atoms with van der Waals surface area (Å²) in [7, 11) is 0. The number of ketones is 1. The second kappa shape index (κ2) is 7.06. The lowest BCUT2D eigenvalue weighted by Gasteiger charge is -2.07. The first-order valence-electron chi connectivity index (χ1n) is 5.31. The number of hydrogen-bond acceptors (Lipinski definition) is 2. The molecule has 0 saturated carbocycles. The molecular weight excluding hydrogens is 231 g/mol. The zero-order valence-corrected chi connectivity index (χ0v) is 9.84. The molecule has 1 aromatic carbocycles. The second-order valence-corrected chi connectivity index (χ2v) is 3.12. The molecule has 1 rings (SSSR count). The van der Waals surface area contributed by atoms with Crippen LogP contribution in [0.15, 0.2) is 24.3 Å². The van der Waals surface area contributed by atoms with Crippen LogP contribution < -0.4 is 5.73 Å². The highest BCUT2D eigenvalue weighted by atomic mass is 19.4. The van der Waals surface area contributed by atoms with Crippen molar-refractivity contribution in [1.29, 1.82) is 0 Å². The number of carbonyl (C=O) groups excluding carboxylic acids is 1. The summed E-state index contributed by atoms with van der Waals surface area (Å²) in [5.41, 5.74) is 4.66. The van der Waals surface area contributed by atoms with Gasteiger partial charge in [0, 0.05) is 6.42 Å². The summed E-state index contributed by atoms with van der Waals surface area (Å²) in [6.45, 7) is 3.84. The third-order valence-corrected chi connectivity index (χ3v) is 1.88. The van der Waals surface area contributed by atoms with Gasteiger partial charge in [-0.15, -0.1) is 0 Å². The normalized spacial score (nSPS) is 10.5. The van der Waals surface area contributed by atoms with E-state index < -0.39 is 11.7 Å². The van der Waals surface area contributed by atoms with E-state index in [4.69, 9.17) is 5.73 Å². The maximum absolute atomic E-state index is 12.3. The highest BCUT2D eigenvalue weighted by Crippen LogP contribution is 2.29. The fourth-order valence-electron chi connectivity index (χ4n) is 1.16. The third kappa shape index (κ3) is 5.49. The molecule has 0 aliphatic rings. The van der Waals surface area contributed by atoms with Crippen LogP contribution in [-0.2, 0) is 17.4 Å². The molecule has 2 nitrogen and oxygen atoms in total. The Morgan fingerprint density at radius 3 is 2.35 bits per heavy atom. The van der Waals surface area contributed by atoms with Gasteiger partial charge in [-0.2, -0.15) is 13.2 Å². The second-order valence-electron chi connectivity index (χ2n) is 3.12. The monoisotopic (exact) mass is 247 g/mol. The maximum Gasteiger partial charge on any atom is 0.416 e. The molecule has 0 saturated heterocycles. The Morgan fingerprint density at radius 1 is 1.29 bits per heavy atom. The number of hydrogen-bond donors (Lipinski definition) is 1. The summed E-state index contributed by atoms with van der Waals surface area (Å²) in [5.74, 6) is -0.283. The van der Waals surface area contributed by atoms with Crippen LogP contribution in [0.25, 0.3) is 0 Å². The molecule has 0 atom stereocenters. The van der Waals surface area contributed by atoms with E-state index in [1.54, 1.807) is 0 Å². The summed E-state index contributed by atoms with van der Waals surface area (Å²) in [4.78, 5) is 10.9. The molecule has 0 heterocycles. The van der Waals surface area contributed by atoms with E-state index in [-0.39, 0.29) is 18.7 Å². The van der Waals surface area contributed by atoms with Crippen molar-refractivity contribution in [3.05, 3.63) is 35.4 Å². The van der Waals surface area contributed by atoms with E-state index in [1.165, 1.54) is 12.1 Å². The van der Waals surface area contributed by atoms with Crippen LogP contribution in [0, 0.1) is 0 Å². The van der Waals surface area contributed by atoms with Crippen molar-refractivity contribution >= 4 is 5.78 Å². The van der Waals surface area contributed by atoms with E-state index in [0.717, 1.165) is 12.1 Å². The van der Waals surface area contributed by atoms with Crippen LogP contribution in [0.2, 0.25) is 0 Å². The lowest BCUT2D eigenvalue weighted by molar-refractivity contribution is -0.137. The predicted molar refractivity (Wildman–Crippen MR) is 60.6 cm³/mol. The van der Waals surface area contributed by atoms with Crippen LogP contribution >= 0.6 is 0 Å². The average Bonchev–Trinajstić information content (AvgIpc) is 2.31. The molecule has 0 spiro atoms. The molecule has 17 heavy (non-hydrogen) atoms. The van der Waals surface area contributed by atoms with Crippen LogP contribution in [0.1, 0.15) is 25.0 Å². The van der Waals surface area contributed by atoms with Crippen molar-refractivity contribution in [2.45, 2.75) is 26.4 Å². The zero-order chi connectivity index (χ0) is 13.5. The van der Waals surface area contributed by atoms with Crippen molar-refractivity contribution in [1.82, 2.24) is 0 Å². The number of nitrogens with two attached hydrogens (primary N) is 1. The summed E-state index contributed by atoms with van der Waals surface area (Å²) in [5, 5.41) is 0. The third-order valence-electron chi connectivity index (χ3n) is 1.88. The number of alkyl halides is 3. The molecule has 5 heteroatoms. The van der Waals surface area contributed by atoms with Crippen molar-refractivity contribution < 1.29 is 18.0 Å². The number of Topliss-reactive ketones (excluding diaryl/α,β-unsaturated/α-hetero) is 1. The van der Waals surface area contributed by atoms with Crippen molar-refractivity contribution in [2.75, 3.05) is 6.54 Å². The minimum absolute atomic E-state index is 0.0551. The molecule has 0 aliphatic carbocycles. The van der Waals surface area contributed by atoms with E-state index in [9.17, 15) is 18.0 Å². The van der Waals surface area contributed by atoms with Gasteiger partial charge in [0.05, 0.1) is 12.1 Å². The van der Waals surface area contributed by atoms with E-state index >= 15 is 0 Å². The van der Waals surface area contributed by atoms with Gasteiger partial charge >= 0.3 is 6.18 Å². The Bertz CT molecular complexity index is 361. The smallest absolute Gasteiger partial charge is 0.324 e. The number of halogens is 3. The Labute approximate surface area is 98.6 Å². The standard InChI is InChI=1S/C10H10F3NO.C2H6/c11-10(12,13)8-3-1-2-7(4-8)5-9(15)6-14;1-2/h1-4H,5-6,14H2;1-2H3. The number of benzene rings is 1. The van der Waals surface area contributed by atoms with Gasteiger partial charge in [0.2, 0.25) is 0 Å². The molecule has 0 unspecified atom stereocenters. The molecule has 0 fully saturated rings. The van der Waals surface area contributed by atoms with Gasteiger partial charge in [-0.3, -0.25) is 4.79 Å². The SMILES string of the molecule is CC.NCC(=O)Cc1cccc(C(F)(F)F)c1. The molecule has 96 valence electrons. The number of rotatable bonds is 3. The quantitative estimate of drug-likeness (QED) is 0.892. The summed E-state index contributed by atoms with van der Waals surface area (Å²) in [6.07, 6.45) is -4.43. The summed E-state index contributed by atoms with van der Waals surface area (Å²) < 4.78 is 36.8. The lowest BCUT2D eigenvalue weighted by Crippen LogP contribution is -2.16. The fraction of sp³-hybridized carbons (Fsp3) is 0.417. The first kappa shape index (κ1) is 15.6. The number of carbonyl (C=O) groups is 1. The summed E-state index contributed by atoms with van der Waals surface area (Å²) >= 11 is 0. The molecule has 0 amide bonds. The van der Waals surface area contributed by atoms with Gasteiger partial charge < -0.3 is 5.73 Å². The van der Waals surface area contributed by atoms with Gasteiger partial charge in [-0.1, -0.05) is 32.0 Å². The highest BCUT2D eigenvalue weighted by molar-refractivity contribution is 5.82. The average molecular weight is 247 g/mol. The van der Waals surface area contributed by atoms with E-state index in [2.05, 4.69) is 0 Å². The van der Waals surface area contributed by atoms with Crippen LogP contribution in [-0.4, -0.2) is 12.3 Å². The minimum Gasteiger partial charge on any atom is -0.324 e. The molecule has 0 aromatic heterocycles. The molecule has 0 bridgehead atoms. The predicted octanol–water partition coefficient (Wildman–Crippen LogP) is 2.80. The summed E-state index contributed by atoms with van der Waals surface area (Å²) in [6, 6.07) is 4.69. The lowest BCUT2D eigenvalue weighted by atomic mass is 10.1. The fourth-order valence-corrected chi connectivity index (χ4v) is 1.16. The van der Waals surface area contributed by atoms with Crippen molar-refractivity contribution in [2.24, 2.45) is 5.73 Å². The maximum atomic E-state index is 12.3. The Kier molecular flexibility index (Phi) is 6.50. The zero-order valence-electron chi connectivity index (χ0n) is 9.84. The first-order chi connectivity index (χ1) is 7.93. The van der Waals surface area contributed by atoms with Crippen molar-refractivity contribution in [3.8, 4) is 0 Å². The van der Waals surface area contributed by atoms with Crippen LogP contribution in [0.5, 0.6) is 0 Å². The van der Waals surface area contributed by atoms with E-state index in [0.29, 0.717) is 5.56 Å². The topological polar surface area (TPSA) is 43.1 Å². The Hall–Kier alpha value is -1.36. The van der Waals surface area contributed by atoms with Crippen LogP contribution in [0.3, 0.4) is 0 Å². The highest BCUT2D eigenvalue weighted by Gasteiger charge is 2.30. The van der Waals surface area contributed by atoms with Gasteiger partial charge in [0.1, 0.15) is 0 Å². The minimum atomic E-state index is -4.37. The van der Waals surface area contributed by atoms with Gasteiger partial charge in [-0.25, -0.2) is 0 Å². The van der Waals surface area contributed by atoms with Gasteiger partial charge in [0.15, 0.2) is 5.78 Å². The van der Waals surface area contributed by atoms with Gasteiger partial charge in [-0.05, 0) is 11.6 Å². The van der Waals surface area contributed by atoms with Gasteiger partial charge in [0.25, 0.3) is 0 Å². The first-order valence-corrected chi connectivity index (χ1v) is 5.31. The molecule has 2 N–H and O–H groups in total. The molecule has 0 radical (unpaired) electrons. The Morgan fingerprint density at radius 2 is 1.88 bits per heavy atom. The van der Waals surface area contributed by atoms with Crippen LogP contribution in [0.4, 0.5) is 13.2 Å². The largest absolute Gasteiger partial charge is 0.416 e.